The summed E-state index contributed by atoms with van der Waals surface area (Å²) < 4.78 is 13.4. The van der Waals surface area contributed by atoms with Gasteiger partial charge in [0.2, 0.25) is 0 Å². The first-order valence-corrected chi connectivity index (χ1v) is 8.99. The third-order valence-electron chi connectivity index (χ3n) is 4.42. The van der Waals surface area contributed by atoms with E-state index in [1.54, 1.807) is 12.1 Å². The molecule has 1 unspecified atom stereocenters. The molecule has 0 saturated heterocycles. The molecule has 0 bridgehead atoms. The summed E-state index contributed by atoms with van der Waals surface area (Å²) in [6, 6.07) is 21.8. The van der Waals surface area contributed by atoms with Crippen molar-refractivity contribution in [1.82, 2.24) is 0 Å². The molecule has 0 spiro atoms. The average molecular weight is 385 g/mol. The fraction of sp³-hybridized carbons (Fsp3) is 0.0952. The van der Waals surface area contributed by atoms with Crippen molar-refractivity contribution >= 4 is 34.6 Å². The van der Waals surface area contributed by atoms with Crippen LogP contribution < -0.4 is 5.01 Å². The number of halogens is 3. The van der Waals surface area contributed by atoms with Crippen molar-refractivity contribution in [2.45, 2.75) is 12.5 Å². The smallest absolute Gasteiger partial charge is 0.123 e. The molecule has 1 atom stereocenters. The Balaban J connectivity index is 1.75. The second kappa shape index (κ2) is 7.10. The molecule has 1 aliphatic heterocycles. The number of hydrogen-bond acceptors (Lipinski definition) is 2. The van der Waals surface area contributed by atoms with Crippen molar-refractivity contribution < 1.29 is 4.39 Å². The van der Waals surface area contributed by atoms with Crippen LogP contribution in [-0.4, -0.2) is 5.71 Å². The van der Waals surface area contributed by atoms with Crippen molar-refractivity contribution in [1.29, 1.82) is 0 Å². The molecule has 0 N–H and O–H groups in total. The van der Waals surface area contributed by atoms with Gasteiger partial charge in [-0.15, -0.1) is 0 Å². The summed E-state index contributed by atoms with van der Waals surface area (Å²) in [4.78, 5) is 0. The summed E-state index contributed by atoms with van der Waals surface area (Å²) in [5, 5.41) is 8.12. The van der Waals surface area contributed by atoms with Crippen molar-refractivity contribution in [3.63, 3.8) is 0 Å². The lowest BCUT2D eigenvalue weighted by Crippen LogP contribution is -2.18. The molecule has 0 amide bonds. The standard InChI is InChI=1S/C21H15Cl2FN2/c22-16-8-4-14(5-9-16)20-13-21(15-6-10-18(24)11-7-15)26(25-20)19-3-1-2-17(23)12-19/h1-12,21H,13H2. The van der Waals surface area contributed by atoms with Gasteiger partial charge in [0.15, 0.2) is 0 Å². The molecule has 4 rings (SSSR count). The van der Waals surface area contributed by atoms with E-state index in [0.717, 1.165) is 22.5 Å². The molecule has 130 valence electrons. The number of benzene rings is 3. The molecule has 0 fully saturated rings. The Morgan fingerprint density at radius 2 is 1.62 bits per heavy atom. The second-order valence-electron chi connectivity index (χ2n) is 6.15. The van der Waals surface area contributed by atoms with Crippen molar-refractivity contribution in [2.75, 3.05) is 5.01 Å². The first kappa shape index (κ1) is 17.1. The van der Waals surface area contributed by atoms with Crippen molar-refractivity contribution in [3.05, 3.63) is 99.8 Å². The largest absolute Gasteiger partial charge is 0.257 e. The van der Waals surface area contributed by atoms with Crippen LogP contribution in [-0.2, 0) is 0 Å². The Hall–Kier alpha value is -2.36. The van der Waals surface area contributed by atoms with Crippen LogP contribution in [0.5, 0.6) is 0 Å². The number of nitrogens with zero attached hydrogens (tertiary/aromatic N) is 2. The number of hydrazone groups is 1. The van der Waals surface area contributed by atoms with Gasteiger partial charge in [0.1, 0.15) is 5.82 Å². The second-order valence-corrected chi connectivity index (χ2v) is 7.02. The van der Waals surface area contributed by atoms with Crippen LogP contribution in [0.4, 0.5) is 10.1 Å². The van der Waals surface area contributed by atoms with Gasteiger partial charge in [-0.2, -0.15) is 5.10 Å². The van der Waals surface area contributed by atoms with E-state index in [0.29, 0.717) is 16.5 Å². The molecule has 0 saturated carbocycles. The maximum Gasteiger partial charge on any atom is 0.123 e. The summed E-state index contributed by atoms with van der Waals surface area (Å²) in [6.45, 7) is 0. The van der Waals surface area contributed by atoms with Gasteiger partial charge in [0, 0.05) is 16.5 Å². The van der Waals surface area contributed by atoms with Crippen LogP contribution in [0.25, 0.3) is 0 Å². The summed E-state index contributed by atoms with van der Waals surface area (Å²) in [7, 11) is 0. The molecule has 26 heavy (non-hydrogen) atoms. The zero-order valence-corrected chi connectivity index (χ0v) is 15.3. The Morgan fingerprint density at radius 3 is 2.31 bits per heavy atom. The maximum absolute atomic E-state index is 13.4. The van der Waals surface area contributed by atoms with Gasteiger partial charge in [-0.25, -0.2) is 4.39 Å². The average Bonchev–Trinajstić information content (AvgIpc) is 3.08. The van der Waals surface area contributed by atoms with Gasteiger partial charge in [-0.1, -0.05) is 53.5 Å². The molecule has 3 aromatic carbocycles. The minimum atomic E-state index is -0.250. The van der Waals surface area contributed by atoms with E-state index in [9.17, 15) is 4.39 Å². The first-order valence-electron chi connectivity index (χ1n) is 8.24. The van der Waals surface area contributed by atoms with E-state index in [4.69, 9.17) is 28.3 Å². The lowest BCUT2D eigenvalue weighted by atomic mass is 9.98. The third kappa shape index (κ3) is 3.46. The van der Waals surface area contributed by atoms with E-state index in [1.165, 1.54) is 12.1 Å². The fourth-order valence-electron chi connectivity index (χ4n) is 3.13. The Kier molecular flexibility index (Phi) is 4.66. The highest BCUT2D eigenvalue weighted by Crippen LogP contribution is 2.37. The molecule has 2 nitrogen and oxygen atoms in total. The monoisotopic (exact) mass is 384 g/mol. The number of hydrogen-bond donors (Lipinski definition) is 0. The van der Waals surface area contributed by atoms with Crippen molar-refractivity contribution in [3.8, 4) is 0 Å². The third-order valence-corrected chi connectivity index (χ3v) is 4.90. The molecule has 1 aliphatic rings. The van der Waals surface area contributed by atoms with E-state index < -0.39 is 0 Å². The lowest BCUT2D eigenvalue weighted by molar-refractivity contribution is 0.624. The summed E-state index contributed by atoms with van der Waals surface area (Å²) in [5.41, 5.74) is 3.87. The number of anilines is 1. The molecule has 0 radical (unpaired) electrons. The van der Waals surface area contributed by atoms with Gasteiger partial charge in [-0.3, -0.25) is 5.01 Å². The predicted octanol–water partition coefficient (Wildman–Crippen LogP) is 6.49. The predicted molar refractivity (Wildman–Crippen MR) is 106 cm³/mol. The Labute approximate surface area is 161 Å². The van der Waals surface area contributed by atoms with Crippen LogP contribution in [0.15, 0.2) is 77.9 Å². The molecule has 0 aromatic heterocycles. The van der Waals surface area contributed by atoms with Gasteiger partial charge in [0.25, 0.3) is 0 Å². The van der Waals surface area contributed by atoms with Gasteiger partial charge < -0.3 is 0 Å². The van der Waals surface area contributed by atoms with E-state index in [2.05, 4.69) is 0 Å². The van der Waals surface area contributed by atoms with Crippen LogP contribution in [0, 0.1) is 5.82 Å². The molecule has 0 aliphatic carbocycles. The maximum atomic E-state index is 13.4. The van der Waals surface area contributed by atoms with Crippen LogP contribution in [0.2, 0.25) is 10.0 Å². The molecule has 1 heterocycles. The highest BCUT2D eigenvalue weighted by molar-refractivity contribution is 6.31. The normalized spacial score (nSPS) is 16.7. The zero-order chi connectivity index (χ0) is 18.1. The van der Waals surface area contributed by atoms with E-state index in [1.807, 2.05) is 53.5 Å². The summed E-state index contributed by atoms with van der Waals surface area (Å²) in [5.74, 6) is -0.250. The molecule has 3 aromatic rings. The van der Waals surface area contributed by atoms with Gasteiger partial charge in [-0.05, 0) is 53.6 Å². The fourth-order valence-corrected chi connectivity index (χ4v) is 3.44. The zero-order valence-electron chi connectivity index (χ0n) is 13.7. The topological polar surface area (TPSA) is 15.6 Å². The van der Waals surface area contributed by atoms with Crippen LogP contribution >= 0.6 is 23.2 Å². The summed E-state index contributed by atoms with van der Waals surface area (Å²) in [6.07, 6.45) is 0.708. The van der Waals surface area contributed by atoms with Crippen LogP contribution in [0.3, 0.4) is 0 Å². The highest BCUT2D eigenvalue weighted by Gasteiger charge is 2.30. The quantitative estimate of drug-likeness (QED) is 0.503. The highest BCUT2D eigenvalue weighted by atomic mass is 35.5. The molecular formula is C21H15Cl2FN2. The SMILES string of the molecule is Fc1ccc(C2CC(c3ccc(Cl)cc3)=NN2c2cccc(Cl)c2)cc1. The summed E-state index contributed by atoms with van der Waals surface area (Å²) >= 11 is 12.2. The first-order chi connectivity index (χ1) is 12.6. The minimum absolute atomic E-state index is 0.0280. The Morgan fingerprint density at radius 1 is 0.885 bits per heavy atom. The number of rotatable bonds is 3. The van der Waals surface area contributed by atoms with E-state index >= 15 is 0 Å². The molecule has 5 heteroatoms. The van der Waals surface area contributed by atoms with Crippen LogP contribution in [0.1, 0.15) is 23.6 Å². The van der Waals surface area contributed by atoms with Gasteiger partial charge in [0.05, 0.1) is 17.4 Å². The van der Waals surface area contributed by atoms with Crippen molar-refractivity contribution in [2.24, 2.45) is 5.10 Å². The van der Waals surface area contributed by atoms with E-state index in [-0.39, 0.29) is 11.9 Å². The lowest BCUT2D eigenvalue weighted by Gasteiger charge is -2.24. The molecular weight excluding hydrogens is 370 g/mol. The Bertz CT molecular complexity index is 953. The minimum Gasteiger partial charge on any atom is -0.257 e. The van der Waals surface area contributed by atoms with Gasteiger partial charge >= 0.3 is 0 Å².